The molecule has 0 N–H and O–H groups in total. The van der Waals surface area contributed by atoms with E-state index in [4.69, 9.17) is 20.8 Å². The lowest BCUT2D eigenvalue weighted by Gasteiger charge is -2.41. The number of rotatable bonds is 7. The summed E-state index contributed by atoms with van der Waals surface area (Å²) in [6, 6.07) is 12.3. The van der Waals surface area contributed by atoms with Crippen LogP contribution in [0.3, 0.4) is 0 Å². The number of aryl methyl sites for hydroxylation is 1. The van der Waals surface area contributed by atoms with Crippen molar-refractivity contribution in [3.63, 3.8) is 0 Å². The molecule has 1 saturated heterocycles. The molecule has 1 unspecified atom stereocenters. The lowest BCUT2D eigenvalue weighted by Crippen LogP contribution is -2.51. The van der Waals surface area contributed by atoms with Crippen LogP contribution in [0.5, 0.6) is 11.5 Å². The highest BCUT2D eigenvalue weighted by atomic mass is 16.5. The van der Waals surface area contributed by atoms with Gasteiger partial charge in [0.2, 0.25) is 5.69 Å². The van der Waals surface area contributed by atoms with Crippen LogP contribution in [0.25, 0.3) is 4.85 Å². The van der Waals surface area contributed by atoms with Crippen LogP contribution in [0.1, 0.15) is 43.0 Å². The number of methoxy groups -OCH3 is 1. The van der Waals surface area contributed by atoms with Gasteiger partial charge in [0, 0.05) is 19.1 Å². The van der Waals surface area contributed by atoms with Crippen molar-refractivity contribution >= 4 is 11.7 Å². The molecule has 1 aliphatic heterocycles. The van der Waals surface area contributed by atoms with E-state index in [0.717, 1.165) is 37.2 Å². The molecule has 6 heteroatoms. The van der Waals surface area contributed by atoms with Gasteiger partial charge in [0.25, 0.3) is 0 Å². The second-order valence-electron chi connectivity index (χ2n) is 8.46. The monoisotopic (exact) mass is 420 g/mol. The summed E-state index contributed by atoms with van der Waals surface area (Å²) in [6.07, 6.45) is 2.11. The van der Waals surface area contributed by atoms with Gasteiger partial charge in [-0.3, -0.25) is 9.69 Å². The van der Waals surface area contributed by atoms with Gasteiger partial charge in [-0.25, -0.2) is 4.85 Å². The molecule has 2 aromatic rings. The Hall–Kier alpha value is -3.04. The van der Waals surface area contributed by atoms with Crippen LogP contribution in [0.15, 0.2) is 36.4 Å². The number of nitrogens with zero attached hydrogens (tertiary/aromatic N) is 2. The van der Waals surface area contributed by atoms with Crippen molar-refractivity contribution in [1.82, 2.24) is 4.90 Å². The van der Waals surface area contributed by atoms with Crippen LogP contribution < -0.4 is 9.47 Å². The molecular weight excluding hydrogens is 392 g/mol. The Balaban J connectivity index is 1.37. The van der Waals surface area contributed by atoms with Crippen LogP contribution in [0.2, 0.25) is 0 Å². The molecule has 31 heavy (non-hydrogen) atoms. The first-order valence-electron chi connectivity index (χ1n) is 10.7. The molecule has 4 rings (SSSR count). The van der Waals surface area contributed by atoms with Gasteiger partial charge in [-0.15, -0.1) is 0 Å². The Morgan fingerprint density at radius 3 is 2.74 bits per heavy atom. The maximum atomic E-state index is 11.7. The third-order valence-electron chi connectivity index (χ3n) is 5.96. The Morgan fingerprint density at radius 2 is 2.03 bits per heavy atom. The zero-order valence-corrected chi connectivity index (χ0v) is 18.3. The van der Waals surface area contributed by atoms with Gasteiger partial charge >= 0.3 is 5.97 Å². The van der Waals surface area contributed by atoms with E-state index in [1.54, 1.807) is 0 Å². The first-order chi connectivity index (χ1) is 15.0. The van der Waals surface area contributed by atoms with Crippen molar-refractivity contribution in [2.45, 2.75) is 45.4 Å². The first kappa shape index (κ1) is 21.2. The summed E-state index contributed by atoms with van der Waals surface area (Å²) in [6.45, 7) is 13.2. The highest BCUT2D eigenvalue weighted by Gasteiger charge is 2.40. The van der Waals surface area contributed by atoms with Gasteiger partial charge in [0.15, 0.2) is 0 Å². The maximum Gasteiger partial charge on any atom is 0.311 e. The van der Waals surface area contributed by atoms with E-state index in [9.17, 15) is 4.79 Å². The standard InChI is InChI=1S/C25H28N2O4/c1-16(2)31-24-10-5-17(11-22(24)26-3)15-30-20-7-8-21-18(12-20)6-9-23(21)27-13-19(14-27)25(28)29-4/h5,7-8,10-12,16,19,23H,6,9,13-15H2,1-2,4H3. The highest BCUT2D eigenvalue weighted by Crippen LogP contribution is 2.41. The smallest absolute Gasteiger partial charge is 0.311 e. The predicted octanol–water partition coefficient (Wildman–Crippen LogP) is 4.70. The van der Waals surface area contributed by atoms with Gasteiger partial charge in [-0.2, -0.15) is 0 Å². The summed E-state index contributed by atoms with van der Waals surface area (Å²) in [4.78, 5) is 17.6. The van der Waals surface area contributed by atoms with E-state index in [2.05, 4.69) is 21.9 Å². The van der Waals surface area contributed by atoms with Gasteiger partial charge < -0.3 is 14.2 Å². The minimum atomic E-state index is -0.108. The lowest BCUT2D eigenvalue weighted by atomic mass is 9.95. The Labute approximate surface area is 183 Å². The van der Waals surface area contributed by atoms with Crippen molar-refractivity contribution in [2.24, 2.45) is 5.92 Å². The predicted molar refractivity (Wildman–Crippen MR) is 117 cm³/mol. The van der Waals surface area contributed by atoms with Crippen LogP contribution >= 0.6 is 0 Å². The topological polar surface area (TPSA) is 52.4 Å². The summed E-state index contributed by atoms with van der Waals surface area (Å²) in [5.41, 5.74) is 4.09. The molecule has 1 fully saturated rings. The number of esters is 1. The fourth-order valence-corrected chi connectivity index (χ4v) is 4.38. The molecule has 6 nitrogen and oxygen atoms in total. The molecule has 1 atom stereocenters. The lowest BCUT2D eigenvalue weighted by molar-refractivity contribution is -0.152. The minimum absolute atomic E-state index is 0.00864. The van der Waals surface area contributed by atoms with E-state index < -0.39 is 0 Å². The second-order valence-corrected chi connectivity index (χ2v) is 8.46. The van der Waals surface area contributed by atoms with Gasteiger partial charge in [-0.1, -0.05) is 12.1 Å². The van der Waals surface area contributed by atoms with Crippen molar-refractivity contribution in [1.29, 1.82) is 0 Å². The molecule has 162 valence electrons. The van der Waals surface area contributed by atoms with Gasteiger partial charge in [0.1, 0.15) is 18.1 Å². The average molecular weight is 421 g/mol. The molecule has 2 aliphatic rings. The van der Waals surface area contributed by atoms with Crippen LogP contribution in [0.4, 0.5) is 5.69 Å². The third-order valence-corrected chi connectivity index (χ3v) is 5.96. The summed E-state index contributed by atoms with van der Waals surface area (Å²) in [5.74, 6) is 1.35. The number of benzene rings is 2. The van der Waals surface area contributed by atoms with E-state index in [1.807, 2.05) is 38.1 Å². The van der Waals surface area contributed by atoms with Crippen LogP contribution in [-0.2, 0) is 22.6 Å². The third kappa shape index (κ3) is 4.52. The van der Waals surface area contributed by atoms with Crippen molar-refractivity contribution in [2.75, 3.05) is 20.2 Å². The van der Waals surface area contributed by atoms with Crippen molar-refractivity contribution in [3.05, 3.63) is 64.5 Å². The zero-order valence-electron chi connectivity index (χ0n) is 18.3. The van der Waals surface area contributed by atoms with E-state index in [1.165, 1.54) is 18.2 Å². The normalized spacial score (nSPS) is 18.2. The second kappa shape index (κ2) is 8.99. The number of carbonyl (C=O) groups excluding carboxylic acids is 1. The summed E-state index contributed by atoms with van der Waals surface area (Å²) in [7, 11) is 1.45. The molecule has 0 saturated carbocycles. The SMILES string of the molecule is [C-]#[N+]c1cc(COc2ccc3c(c2)CCC3N2CC(C(=O)OC)C2)ccc1OC(C)C. The Bertz CT molecular complexity index is 1010. The molecular formula is C25H28N2O4. The highest BCUT2D eigenvalue weighted by molar-refractivity contribution is 5.73. The fraction of sp³-hybridized carbons (Fsp3) is 0.440. The van der Waals surface area contributed by atoms with E-state index in [0.29, 0.717) is 24.1 Å². The maximum absolute atomic E-state index is 11.7. The van der Waals surface area contributed by atoms with Gasteiger partial charge in [0.05, 0.1) is 25.7 Å². The quantitative estimate of drug-likeness (QED) is 0.480. The van der Waals surface area contributed by atoms with E-state index in [-0.39, 0.29) is 18.0 Å². The minimum Gasteiger partial charge on any atom is -0.502 e. The number of hydrogen-bond donors (Lipinski definition) is 0. The van der Waals surface area contributed by atoms with Crippen molar-refractivity contribution < 1.29 is 19.0 Å². The summed E-state index contributed by atoms with van der Waals surface area (Å²) < 4.78 is 16.6. The molecule has 0 radical (unpaired) electrons. The molecule has 0 spiro atoms. The molecule has 1 aliphatic carbocycles. The Morgan fingerprint density at radius 1 is 1.23 bits per heavy atom. The fourth-order valence-electron chi connectivity index (χ4n) is 4.38. The summed E-state index contributed by atoms with van der Waals surface area (Å²) in [5, 5.41) is 0. The number of ether oxygens (including phenoxy) is 3. The van der Waals surface area contributed by atoms with E-state index >= 15 is 0 Å². The number of likely N-dealkylation sites (tertiary alicyclic amines) is 1. The number of carbonyl (C=O) groups is 1. The molecule has 2 aromatic carbocycles. The molecule has 0 bridgehead atoms. The van der Waals surface area contributed by atoms with Crippen LogP contribution in [-0.4, -0.2) is 37.2 Å². The Kier molecular flexibility index (Phi) is 6.15. The zero-order chi connectivity index (χ0) is 22.0. The summed E-state index contributed by atoms with van der Waals surface area (Å²) >= 11 is 0. The average Bonchev–Trinajstić information content (AvgIpc) is 3.14. The largest absolute Gasteiger partial charge is 0.502 e. The van der Waals surface area contributed by atoms with Crippen LogP contribution in [0, 0.1) is 12.5 Å². The molecule has 1 heterocycles. The molecule has 0 aromatic heterocycles. The first-order valence-corrected chi connectivity index (χ1v) is 10.7. The van der Waals surface area contributed by atoms with Gasteiger partial charge in [-0.05, 0) is 67.6 Å². The van der Waals surface area contributed by atoms with Crippen molar-refractivity contribution in [3.8, 4) is 11.5 Å². The number of hydrogen-bond acceptors (Lipinski definition) is 5. The number of fused-ring (bicyclic) bond motifs is 1. The molecule has 0 amide bonds.